The number of halogens is 3. The molecule has 0 aliphatic carbocycles. The van der Waals surface area contributed by atoms with Gasteiger partial charge in [0.2, 0.25) is 0 Å². The van der Waals surface area contributed by atoms with Crippen molar-refractivity contribution in [2.75, 3.05) is 0 Å². The van der Waals surface area contributed by atoms with Crippen molar-refractivity contribution >= 4 is 27.5 Å². The molecule has 2 nitrogen and oxygen atoms in total. The summed E-state index contributed by atoms with van der Waals surface area (Å²) >= 11 is 8.86. The minimum atomic E-state index is -0.493. The summed E-state index contributed by atoms with van der Waals surface area (Å²) in [6.45, 7) is 0.286. The summed E-state index contributed by atoms with van der Waals surface area (Å²) in [6.07, 6.45) is 1.68. The van der Waals surface area contributed by atoms with Crippen molar-refractivity contribution in [3.8, 4) is 5.75 Å². The van der Waals surface area contributed by atoms with E-state index in [2.05, 4.69) is 20.9 Å². The zero-order valence-corrected chi connectivity index (χ0v) is 11.0. The number of hydrogen-bond acceptors (Lipinski definition) is 2. The molecule has 0 aliphatic heterocycles. The molecule has 17 heavy (non-hydrogen) atoms. The van der Waals surface area contributed by atoms with Gasteiger partial charge in [-0.15, -0.1) is 0 Å². The van der Waals surface area contributed by atoms with Crippen molar-refractivity contribution in [2.24, 2.45) is 0 Å². The van der Waals surface area contributed by atoms with E-state index in [1.807, 2.05) is 12.1 Å². The Bertz CT molecular complexity index is 518. The van der Waals surface area contributed by atoms with Crippen molar-refractivity contribution < 1.29 is 9.13 Å². The maximum Gasteiger partial charge on any atom is 0.145 e. The Balaban J connectivity index is 2.02. The average molecular weight is 317 g/mol. The van der Waals surface area contributed by atoms with E-state index in [0.29, 0.717) is 5.75 Å². The lowest BCUT2D eigenvalue weighted by atomic mass is 10.3. The van der Waals surface area contributed by atoms with Gasteiger partial charge in [0.15, 0.2) is 0 Å². The highest BCUT2D eigenvalue weighted by Gasteiger charge is 2.02. The molecule has 0 fully saturated rings. The third-order valence-corrected chi connectivity index (χ3v) is 2.84. The van der Waals surface area contributed by atoms with E-state index in [4.69, 9.17) is 16.3 Å². The van der Waals surface area contributed by atoms with Gasteiger partial charge in [-0.2, -0.15) is 0 Å². The first kappa shape index (κ1) is 12.3. The number of pyridine rings is 1. The highest BCUT2D eigenvalue weighted by Crippen LogP contribution is 2.21. The van der Waals surface area contributed by atoms with Crippen molar-refractivity contribution in [3.63, 3.8) is 0 Å². The van der Waals surface area contributed by atoms with Crippen molar-refractivity contribution in [1.29, 1.82) is 0 Å². The maximum absolute atomic E-state index is 13.1. The number of nitrogens with zero attached hydrogens (tertiary/aromatic N) is 1. The number of aromatic nitrogens is 1. The minimum absolute atomic E-state index is 0.0825. The first-order chi connectivity index (χ1) is 8.15. The zero-order valence-electron chi connectivity index (χ0n) is 8.66. The van der Waals surface area contributed by atoms with Gasteiger partial charge in [-0.3, -0.25) is 4.98 Å². The summed E-state index contributed by atoms with van der Waals surface area (Å²) < 4.78 is 19.4. The molecular formula is C12H8BrClFNO. The quantitative estimate of drug-likeness (QED) is 0.846. The summed E-state index contributed by atoms with van der Waals surface area (Å²) in [5, 5.41) is 0.0825. The monoisotopic (exact) mass is 315 g/mol. The molecule has 1 aromatic heterocycles. The lowest BCUT2D eigenvalue weighted by molar-refractivity contribution is 0.300. The normalized spacial score (nSPS) is 10.3. The molecular weight excluding hydrogens is 308 g/mol. The fourth-order valence-electron chi connectivity index (χ4n) is 1.22. The van der Waals surface area contributed by atoms with E-state index in [9.17, 15) is 4.39 Å². The van der Waals surface area contributed by atoms with Crippen LogP contribution in [0.4, 0.5) is 4.39 Å². The third kappa shape index (κ3) is 3.41. The van der Waals surface area contributed by atoms with E-state index in [1.54, 1.807) is 12.3 Å². The van der Waals surface area contributed by atoms with Crippen LogP contribution in [0.15, 0.2) is 41.0 Å². The summed E-state index contributed by atoms with van der Waals surface area (Å²) in [7, 11) is 0. The number of benzene rings is 1. The Kier molecular flexibility index (Phi) is 3.97. The fraction of sp³-hybridized carbons (Fsp3) is 0.0833. The van der Waals surface area contributed by atoms with E-state index < -0.39 is 5.82 Å². The molecule has 0 saturated carbocycles. The molecule has 0 N–H and O–H groups in total. The molecule has 2 aromatic rings. The Hall–Kier alpha value is -1.13. The number of rotatable bonds is 3. The van der Waals surface area contributed by atoms with Gasteiger partial charge in [-0.1, -0.05) is 11.6 Å². The molecule has 5 heteroatoms. The van der Waals surface area contributed by atoms with Gasteiger partial charge in [0.25, 0.3) is 0 Å². The molecule has 0 saturated heterocycles. The Morgan fingerprint density at radius 2 is 2.12 bits per heavy atom. The molecule has 88 valence electrons. The molecule has 0 atom stereocenters. The summed E-state index contributed by atoms with van der Waals surface area (Å²) in [5.74, 6) is -0.0652. The Labute approximate surface area is 112 Å². The number of hydrogen-bond donors (Lipinski definition) is 0. The predicted molar refractivity (Wildman–Crippen MR) is 67.7 cm³/mol. The molecule has 0 radical (unpaired) electrons. The molecule has 0 bridgehead atoms. The smallest absolute Gasteiger partial charge is 0.145 e. The summed E-state index contributed by atoms with van der Waals surface area (Å²) in [6, 6.07) is 8.02. The van der Waals surface area contributed by atoms with Gasteiger partial charge in [0, 0.05) is 16.7 Å². The molecule has 1 heterocycles. The molecule has 0 spiro atoms. The SMILES string of the molecule is Fc1cc(OCc2ccc(Br)cn2)ccc1Cl. The molecule has 2 rings (SSSR count). The first-order valence-electron chi connectivity index (χ1n) is 4.83. The van der Waals surface area contributed by atoms with Crippen LogP contribution in [0, 0.1) is 5.82 Å². The van der Waals surface area contributed by atoms with Crippen LogP contribution in [0.25, 0.3) is 0 Å². The topological polar surface area (TPSA) is 22.1 Å². The van der Waals surface area contributed by atoms with Crippen LogP contribution in [-0.2, 0) is 6.61 Å². The largest absolute Gasteiger partial charge is 0.487 e. The second-order valence-electron chi connectivity index (χ2n) is 3.33. The van der Waals surface area contributed by atoms with Gasteiger partial charge in [-0.05, 0) is 40.2 Å². The van der Waals surface area contributed by atoms with Crippen LogP contribution in [0.5, 0.6) is 5.75 Å². The van der Waals surface area contributed by atoms with Crippen LogP contribution in [-0.4, -0.2) is 4.98 Å². The van der Waals surface area contributed by atoms with Gasteiger partial charge < -0.3 is 4.74 Å². The predicted octanol–water partition coefficient (Wildman–Crippen LogP) is 4.22. The molecule has 0 aliphatic rings. The lowest BCUT2D eigenvalue weighted by Crippen LogP contribution is -1.98. The van der Waals surface area contributed by atoms with E-state index >= 15 is 0 Å². The van der Waals surface area contributed by atoms with E-state index in [0.717, 1.165) is 10.2 Å². The van der Waals surface area contributed by atoms with Crippen LogP contribution >= 0.6 is 27.5 Å². The van der Waals surface area contributed by atoms with Crippen LogP contribution in [0.3, 0.4) is 0 Å². The van der Waals surface area contributed by atoms with Crippen LogP contribution in [0.2, 0.25) is 5.02 Å². The highest BCUT2D eigenvalue weighted by atomic mass is 79.9. The fourth-order valence-corrected chi connectivity index (χ4v) is 1.57. The third-order valence-electron chi connectivity index (χ3n) is 2.07. The van der Waals surface area contributed by atoms with Crippen molar-refractivity contribution in [2.45, 2.75) is 6.61 Å². The van der Waals surface area contributed by atoms with Crippen molar-refractivity contribution in [3.05, 3.63) is 57.5 Å². The highest BCUT2D eigenvalue weighted by molar-refractivity contribution is 9.10. The van der Waals surface area contributed by atoms with Crippen LogP contribution < -0.4 is 4.74 Å². The standard InChI is InChI=1S/C12H8BrClFNO/c13-8-1-2-9(16-6-8)7-17-10-3-4-11(14)12(15)5-10/h1-6H,7H2. The molecule has 0 unspecified atom stereocenters. The average Bonchev–Trinajstić information content (AvgIpc) is 2.33. The molecule has 1 aromatic carbocycles. The second-order valence-corrected chi connectivity index (χ2v) is 4.66. The maximum atomic E-state index is 13.1. The summed E-state index contributed by atoms with van der Waals surface area (Å²) in [5.41, 5.74) is 0.767. The summed E-state index contributed by atoms with van der Waals surface area (Å²) in [4.78, 5) is 4.14. The molecule has 0 amide bonds. The Morgan fingerprint density at radius 3 is 2.76 bits per heavy atom. The van der Waals surface area contributed by atoms with Crippen molar-refractivity contribution in [1.82, 2.24) is 4.98 Å². The van der Waals surface area contributed by atoms with Crippen LogP contribution in [0.1, 0.15) is 5.69 Å². The lowest BCUT2D eigenvalue weighted by Gasteiger charge is -2.06. The van der Waals surface area contributed by atoms with E-state index in [-0.39, 0.29) is 11.6 Å². The Morgan fingerprint density at radius 1 is 1.29 bits per heavy atom. The number of ether oxygens (including phenoxy) is 1. The van der Waals surface area contributed by atoms with Gasteiger partial charge in [-0.25, -0.2) is 4.39 Å². The first-order valence-corrected chi connectivity index (χ1v) is 6.00. The van der Waals surface area contributed by atoms with Gasteiger partial charge >= 0.3 is 0 Å². The second kappa shape index (κ2) is 5.47. The zero-order chi connectivity index (χ0) is 12.3. The van der Waals surface area contributed by atoms with Gasteiger partial charge in [0.1, 0.15) is 18.2 Å². The van der Waals surface area contributed by atoms with Gasteiger partial charge in [0.05, 0.1) is 10.7 Å². The van der Waals surface area contributed by atoms with E-state index in [1.165, 1.54) is 12.1 Å². The minimum Gasteiger partial charge on any atom is -0.487 e.